The lowest BCUT2D eigenvalue weighted by Crippen LogP contribution is -2.34. The van der Waals surface area contributed by atoms with E-state index in [1.807, 2.05) is 48.5 Å². The molecule has 7 rings (SSSR count). The lowest BCUT2D eigenvalue weighted by molar-refractivity contribution is -0.125. The second kappa shape index (κ2) is 14.5. The maximum atomic E-state index is 13.8. The maximum absolute atomic E-state index is 13.8. The zero-order valence-electron chi connectivity index (χ0n) is 25.5. The molecule has 4 aromatic rings. The van der Waals surface area contributed by atoms with E-state index < -0.39 is 17.9 Å². The molecule has 0 spiro atoms. The number of nitrogens with one attached hydrogen (secondary N) is 2. The van der Waals surface area contributed by atoms with Gasteiger partial charge >= 0.3 is 0 Å². The Kier molecular flexibility index (Phi) is 10.1. The number of aromatic hydroxyl groups is 2. The minimum absolute atomic E-state index is 0.0575. The average Bonchev–Trinajstić information content (AvgIpc) is 3.06. The molecule has 238 valence electrons. The van der Waals surface area contributed by atoms with Crippen LogP contribution in [0.5, 0.6) is 34.5 Å². The molecule has 0 saturated heterocycles. The molecule has 46 heavy (non-hydrogen) atoms. The number of amides is 2. The van der Waals surface area contributed by atoms with Crippen LogP contribution in [0.1, 0.15) is 39.8 Å². The number of hydrogen-bond donors (Lipinski definition) is 5. The Balaban J connectivity index is 1.52. The van der Waals surface area contributed by atoms with Gasteiger partial charge in [-0.25, -0.2) is 0 Å². The lowest BCUT2D eigenvalue weighted by atomic mass is 9.86. The predicted molar refractivity (Wildman–Crippen MR) is 172 cm³/mol. The van der Waals surface area contributed by atoms with Gasteiger partial charge in [-0.1, -0.05) is 30.3 Å². The van der Waals surface area contributed by atoms with Gasteiger partial charge < -0.3 is 40.2 Å². The van der Waals surface area contributed by atoms with E-state index in [2.05, 4.69) is 10.6 Å². The van der Waals surface area contributed by atoms with Gasteiger partial charge in [0.2, 0.25) is 11.8 Å². The highest BCUT2D eigenvalue weighted by Gasteiger charge is 2.34. The van der Waals surface area contributed by atoms with Crippen molar-refractivity contribution in [1.29, 1.82) is 0 Å². The Morgan fingerprint density at radius 2 is 1.37 bits per heavy atom. The summed E-state index contributed by atoms with van der Waals surface area (Å²) in [5.74, 6) is -1.15. The first kappa shape index (κ1) is 31.9. The fourth-order valence-electron chi connectivity index (χ4n) is 5.25. The van der Waals surface area contributed by atoms with Crippen molar-refractivity contribution in [3.05, 3.63) is 113 Å². The molecule has 0 aromatic heterocycles. The summed E-state index contributed by atoms with van der Waals surface area (Å²) in [7, 11) is 2.75. The van der Waals surface area contributed by atoms with Crippen molar-refractivity contribution in [2.75, 3.05) is 27.3 Å². The molecule has 2 amide bonds. The van der Waals surface area contributed by atoms with Crippen molar-refractivity contribution < 1.29 is 39.1 Å². The molecule has 10 heteroatoms. The van der Waals surface area contributed by atoms with E-state index in [4.69, 9.17) is 14.2 Å². The summed E-state index contributed by atoms with van der Waals surface area (Å²) in [6, 6.07) is 22.5. The topological polar surface area (TPSA) is 147 Å². The molecule has 3 aliphatic rings. The molecule has 0 fully saturated rings. The highest BCUT2D eigenvalue weighted by molar-refractivity contribution is 5.92. The Labute approximate surface area is 266 Å². The van der Waals surface area contributed by atoms with E-state index in [-0.39, 0.29) is 46.6 Å². The minimum atomic E-state index is -1.47. The van der Waals surface area contributed by atoms with Crippen LogP contribution in [0.4, 0.5) is 0 Å². The van der Waals surface area contributed by atoms with Crippen LogP contribution >= 0.6 is 0 Å². The van der Waals surface area contributed by atoms with Crippen LogP contribution in [0.25, 0.3) is 6.08 Å². The normalized spacial score (nSPS) is 16.2. The molecule has 10 nitrogen and oxygen atoms in total. The smallest absolute Gasteiger partial charge is 0.244 e. The first-order valence-electron chi connectivity index (χ1n) is 14.8. The third-order valence-electron chi connectivity index (χ3n) is 7.76. The second-order valence-corrected chi connectivity index (χ2v) is 10.8. The molecular formula is C36H36N2O8. The SMILES string of the molecule is COc1cc(C(O)C2C(=O)NCCc3ccc(cc3)Oc3ccc(cc3)CCNC(=O)C=Cc3cc(OC)c(O)c2c3)ccc1O. The minimum Gasteiger partial charge on any atom is -0.504 e. The number of carbonyl (C=O) groups is 2. The molecule has 0 aliphatic carbocycles. The summed E-state index contributed by atoms with van der Waals surface area (Å²) in [6.45, 7) is 0.639. The van der Waals surface area contributed by atoms with Crippen molar-refractivity contribution in [2.45, 2.75) is 24.9 Å². The standard InChI is InChI=1S/C36H36N2O8/c1-44-30-21-25(8-13-29(30)39)34(41)33-28-19-24(20-31(45-2)35(28)42)7-14-32(40)37-17-15-22-3-9-26(10-4-22)46-27-11-5-23(6-12-27)16-18-38-36(33)43/h3-14,19-21,33-34,39,41-42H,15-18H2,1-2H3,(H,37,40)(H,38,43). The van der Waals surface area contributed by atoms with E-state index >= 15 is 0 Å². The largest absolute Gasteiger partial charge is 0.504 e. The average molecular weight is 625 g/mol. The number of phenols is 2. The molecule has 6 bridgehead atoms. The zero-order valence-corrected chi connectivity index (χ0v) is 25.5. The number of methoxy groups -OCH3 is 2. The van der Waals surface area contributed by atoms with E-state index in [0.29, 0.717) is 36.4 Å². The highest BCUT2D eigenvalue weighted by Crippen LogP contribution is 2.43. The molecule has 4 aromatic carbocycles. The van der Waals surface area contributed by atoms with Crippen molar-refractivity contribution >= 4 is 17.9 Å². The Hall–Kier alpha value is -5.48. The summed E-state index contributed by atoms with van der Waals surface area (Å²) in [6.07, 6.45) is 2.53. The molecule has 5 N–H and O–H groups in total. The van der Waals surface area contributed by atoms with E-state index in [1.54, 1.807) is 0 Å². The van der Waals surface area contributed by atoms with Crippen LogP contribution in [0.2, 0.25) is 0 Å². The van der Waals surface area contributed by atoms with Crippen LogP contribution in [-0.2, 0) is 22.4 Å². The molecule has 2 atom stereocenters. The van der Waals surface area contributed by atoms with Gasteiger partial charge in [0.1, 0.15) is 11.5 Å². The third-order valence-corrected chi connectivity index (χ3v) is 7.76. The molecular weight excluding hydrogens is 588 g/mol. The second-order valence-electron chi connectivity index (χ2n) is 10.8. The number of hydrogen-bond acceptors (Lipinski definition) is 8. The highest BCUT2D eigenvalue weighted by atomic mass is 16.5. The Bertz CT molecular complexity index is 1720. The monoisotopic (exact) mass is 624 g/mol. The van der Waals surface area contributed by atoms with Crippen LogP contribution < -0.4 is 24.8 Å². The van der Waals surface area contributed by atoms with E-state index in [9.17, 15) is 24.9 Å². The van der Waals surface area contributed by atoms with Crippen molar-refractivity contribution in [3.8, 4) is 34.5 Å². The number of rotatable bonds is 4. The summed E-state index contributed by atoms with van der Waals surface area (Å²) in [5, 5.41) is 38.7. The lowest BCUT2D eigenvalue weighted by Gasteiger charge is -2.25. The van der Waals surface area contributed by atoms with Crippen molar-refractivity contribution in [3.63, 3.8) is 0 Å². The van der Waals surface area contributed by atoms with Crippen molar-refractivity contribution in [2.24, 2.45) is 0 Å². The fourth-order valence-corrected chi connectivity index (χ4v) is 5.25. The van der Waals surface area contributed by atoms with Gasteiger partial charge in [-0.2, -0.15) is 0 Å². The summed E-state index contributed by atoms with van der Waals surface area (Å²) in [4.78, 5) is 26.5. The van der Waals surface area contributed by atoms with Crippen LogP contribution in [0, 0.1) is 0 Å². The number of ether oxygens (including phenoxy) is 3. The van der Waals surface area contributed by atoms with Crippen molar-refractivity contribution in [1.82, 2.24) is 10.6 Å². The van der Waals surface area contributed by atoms with Gasteiger partial charge in [0.05, 0.1) is 26.2 Å². The maximum Gasteiger partial charge on any atom is 0.244 e. The van der Waals surface area contributed by atoms with Gasteiger partial charge in [-0.05, 0) is 89.7 Å². The van der Waals surface area contributed by atoms with Gasteiger partial charge in [0.15, 0.2) is 23.0 Å². The van der Waals surface area contributed by atoms with E-state index in [0.717, 1.165) is 11.1 Å². The molecule has 0 radical (unpaired) electrons. The predicted octanol–water partition coefficient (Wildman–Crippen LogP) is 4.77. The van der Waals surface area contributed by atoms with Gasteiger partial charge in [-0.15, -0.1) is 0 Å². The Morgan fingerprint density at radius 1 is 0.761 bits per heavy atom. The molecule has 2 unspecified atom stereocenters. The third kappa shape index (κ3) is 7.59. The van der Waals surface area contributed by atoms with Crippen LogP contribution in [0.3, 0.4) is 0 Å². The zero-order chi connectivity index (χ0) is 32.6. The number of aliphatic hydroxyl groups excluding tert-OH is 1. The number of fused-ring (bicyclic) bond motifs is 2. The van der Waals surface area contributed by atoms with Gasteiger partial charge in [0.25, 0.3) is 0 Å². The first-order chi connectivity index (χ1) is 22.2. The summed E-state index contributed by atoms with van der Waals surface area (Å²) >= 11 is 0. The quantitative estimate of drug-likeness (QED) is 0.218. The number of benzene rings is 4. The summed E-state index contributed by atoms with van der Waals surface area (Å²) in [5.41, 5.74) is 2.80. The molecule has 0 saturated carbocycles. The first-order valence-corrected chi connectivity index (χ1v) is 14.8. The van der Waals surface area contributed by atoms with Crippen LogP contribution in [0.15, 0.2) is 84.9 Å². The van der Waals surface area contributed by atoms with Gasteiger partial charge in [-0.3, -0.25) is 9.59 Å². The number of aliphatic hydroxyl groups is 1. The van der Waals surface area contributed by atoms with Gasteiger partial charge in [0, 0.05) is 24.7 Å². The number of phenolic OH excluding ortho intramolecular Hbond substituents is 2. The fraction of sp³-hybridized carbons (Fsp3) is 0.222. The summed E-state index contributed by atoms with van der Waals surface area (Å²) < 4.78 is 16.6. The van der Waals surface area contributed by atoms with E-state index in [1.165, 1.54) is 56.7 Å². The number of carbonyl (C=O) groups excluding carboxylic acids is 2. The van der Waals surface area contributed by atoms with Crippen LogP contribution in [-0.4, -0.2) is 54.4 Å². The molecule has 3 heterocycles. The molecule has 3 aliphatic heterocycles. The Morgan fingerprint density at radius 3 is 1.98 bits per heavy atom.